The number of ether oxygens (including phenoxy) is 2. The Morgan fingerprint density at radius 1 is 1.26 bits per heavy atom. The third kappa shape index (κ3) is 3.60. The van der Waals surface area contributed by atoms with E-state index in [9.17, 15) is 4.79 Å². The lowest BCUT2D eigenvalue weighted by Crippen LogP contribution is -2.27. The Bertz CT molecular complexity index is 960. The van der Waals surface area contributed by atoms with Gasteiger partial charge in [0.1, 0.15) is 5.82 Å². The van der Waals surface area contributed by atoms with Crippen molar-refractivity contribution in [3.05, 3.63) is 35.1 Å². The lowest BCUT2D eigenvalue weighted by Gasteiger charge is -2.10. The van der Waals surface area contributed by atoms with E-state index in [0.717, 1.165) is 10.9 Å². The van der Waals surface area contributed by atoms with Crippen molar-refractivity contribution >= 4 is 16.9 Å². The van der Waals surface area contributed by atoms with E-state index in [2.05, 4.69) is 20.5 Å². The zero-order valence-electron chi connectivity index (χ0n) is 16.2. The molecule has 1 unspecified atom stereocenters. The van der Waals surface area contributed by atoms with Crippen LogP contribution in [0.25, 0.3) is 11.0 Å². The predicted molar refractivity (Wildman–Crippen MR) is 100 cm³/mol. The molecule has 3 rings (SSSR count). The summed E-state index contributed by atoms with van der Waals surface area (Å²) in [4.78, 5) is 17.0. The quantitative estimate of drug-likeness (QED) is 0.658. The van der Waals surface area contributed by atoms with Crippen molar-refractivity contribution in [2.24, 2.45) is 0 Å². The summed E-state index contributed by atoms with van der Waals surface area (Å²) in [6.07, 6.45) is 0. The van der Waals surface area contributed by atoms with Gasteiger partial charge in [-0.05, 0) is 46.8 Å². The van der Waals surface area contributed by atoms with Crippen LogP contribution in [0, 0.1) is 13.8 Å². The Morgan fingerprint density at radius 3 is 2.63 bits per heavy atom. The number of aromatic nitrogens is 3. The molecule has 0 aliphatic carbocycles. The molecule has 0 radical (unpaired) electrons. The molecular formula is C19H24N4O4. The van der Waals surface area contributed by atoms with E-state index in [-0.39, 0.29) is 17.7 Å². The van der Waals surface area contributed by atoms with Gasteiger partial charge in [-0.2, -0.15) is 5.10 Å². The molecule has 0 aliphatic heterocycles. The summed E-state index contributed by atoms with van der Waals surface area (Å²) in [6.45, 7) is 10.2. The number of nitrogens with zero attached hydrogens (tertiary/aromatic N) is 2. The number of carbonyl (C=O) groups is 1. The summed E-state index contributed by atoms with van der Waals surface area (Å²) in [5.41, 5.74) is 1.25. The Hall–Kier alpha value is -3.03. The number of fused-ring (bicyclic) bond motifs is 1. The molecule has 8 nitrogen and oxygen atoms in total. The Kier molecular flexibility index (Phi) is 5.34. The number of furan rings is 1. The molecule has 144 valence electrons. The van der Waals surface area contributed by atoms with Crippen molar-refractivity contribution in [3.63, 3.8) is 0 Å². The molecule has 1 amide bonds. The summed E-state index contributed by atoms with van der Waals surface area (Å²) in [5, 5.41) is 10.5. The normalized spacial score (nSPS) is 12.2. The SMILES string of the molecule is CCOc1ccc2c(C)c(C(=O)NC(C)c3n[nH]c(C)n3)oc2c1OCC. The maximum absolute atomic E-state index is 12.8. The maximum Gasteiger partial charge on any atom is 0.287 e. The molecule has 0 aliphatic rings. The largest absolute Gasteiger partial charge is 0.490 e. The zero-order chi connectivity index (χ0) is 19.6. The minimum atomic E-state index is -0.361. The third-order valence-corrected chi connectivity index (χ3v) is 4.17. The highest BCUT2D eigenvalue weighted by Crippen LogP contribution is 2.39. The molecule has 3 aromatic rings. The zero-order valence-corrected chi connectivity index (χ0v) is 16.2. The standard InChI is InChI=1S/C19H24N4O4/c1-6-25-14-9-8-13-10(3)15(27-16(13)17(14)26-7-2)19(24)20-11(4)18-21-12(5)22-23-18/h8-9,11H,6-7H2,1-5H3,(H,20,24)(H,21,22,23). The Balaban J connectivity index is 1.95. The Labute approximate surface area is 157 Å². The molecule has 2 aromatic heterocycles. The van der Waals surface area contributed by atoms with Gasteiger partial charge in [-0.15, -0.1) is 0 Å². The summed E-state index contributed by atoms with van der Waals surface area (Å²) in [7, 11) is 0. The number of carbonyl (C=O) groups excluding carboxylic acids is 1. The summed E-state index contributed by atoms with van der Waals surface area (Å²) in [5.74, 6) is 2.21. The smallest absolute Gasteiger partial charge is 0.287 e. The molecule has 0 spiro atoms. The van der Waals surface area contributed by atoms with Gasteiger partial charge in [-0.25, -0.2) is 4.98 Å². The highest BCUT2D eigenvalue weighted by molar-refractivity contribution is 6.01. The highest BCUT2D eigenvalue weighted by Gasteiger charge is 2.24. The first-order chi connectivity index (χ1) is 13.0. The fourth-order valence-corrected chi connectivity index (χ4v) is 2.89. The first kappa shape index (κ1) is 18.8. The van der Waals surface area contributed by atoms with E-state index in [1.54, 1.807) is 6.92 Å². The van der Waals surface area contributed by atoms with Crippen LogP contribution in [0.2, 0.25) is 0 Å². The Morgan fingerprint density at radius 2 is 2.00 bits per heavy atom. The van der Waals surface area contributed by atoms with E-state index < -0.39 is 0 Å². The number of hydrogen-bond donors (Lipinski definition) is 2. The molecule has 1 atom stereocenters. The van der Waals surface area contributed by atoms with Crippen molar-refractivity contribution in [2.75, 3.05) is 13.2 Å². The molecule has 0 bridgehead atoms. The second-order valence-electron chi connectivity index (χ2n) is 6.17. The minimum Gasteiger partial charge on any atom is -0.490 e. The first-order valence-corrected chi connectivity index (χ1v) is 8.97. The summed E-state index contributed by atoms with van der Waals surface area (Å²) in [6, 6.07) is 3.35. The highest BCUT2D eigenvalue weighted by atomic mass is 16.5. The van der Waals surface area contributed by atoms with Crippen LogP contribution in [-0.2, 0) is 0 Å². The lowest BCUT2D eigenvalue weighted by molar-refractivity contribution is 0.0911. The van der Waals surface area contributed by atoms with Gasteiger partial charge in [-0.3, -0.25) is 9.89 Å². The van der Waals surface area contributed by atoms with Gasteiger partial charge in [0.15, 0.2) is 22.9 Å². The number of rotatable bonds is 7. The number of amides is 1. The van der Waals surface area contributed by atoms with Gasteiger partial charge in [0.25, 0.3) is 5.91 Å². The molecule has 8 heteroatoms. The number of aromatic amines is 1. The predicted octanol–water partition coefficient (Wildman–Crippen LogP) is 3.46. The monoisotopic (exact) mass is 372 g/mol. The van der Waals surface area contributed by atoms with Crippen LogP contribution >= 0.6 is 0 Å². The molecule has 1 aromatic carbocycles. The van der Waals surface area contributed by atoms with Gasteiger partial charge in [-0.1, -0.05) is 0 Å². The fourth-order valence-electron chi connectivity index (χ4n) is 2.89. The van der Waals surface area contributed by atoms with Gasteiger partial charge < -0.3 is 19.2 Å². The first-order valence-electron chi connectivity index (χ1n) is 8.97. The second kappa shape index (κ2) is 7.69. The van der Waals surface area contributed by atoms with Crippen LogP contribution in [0.15, 0.2) is 16.5 Å². The molecule has 2 N–H and O–H groups in total. The van der Waals surface area contributed by atoms with Crippen molar-refractivity contribution in [2.45, 2.75) is 40.7 Å². The van der Waals surface area contributed by atoms with Crippen LogP contribution in [0.1, 0.15) is 54.6 Å². The van der Waals surface area contributed by atoms with E-state index in [4.69, 9.17) is 13.9 Å². The van der Waals surface area contributed by atoms with E-state index in [1.165, 1.54) is 0 Å². The van der Waals surface area contributed by atoms with Crippen molar-refractivity contribution in [1.29, 1.82) is 0 Å². The molecule has 0 fully saturated rings. The number of benzene rings is 1. The van der Waals surface area contributed by atoms with Gasteiger partial charge in [0, 0.05) is 10.9 Å². The lowest BCUT2D eigenvalue weighted by atomic mass is 10.1. The van der Waals surface area contributed by atoms with Crippen LogP contribution in [-0.4, -0.2) is 34.3 Å². The number of aryl methyl sites for hydroxylation is 2. The molecule has 0 saturated carbocycles. The van der Waals surface area contributed by atoms with Gasteiger partial charge in [0.05, 0.1) is 19.3 Å². The van der Waals surface area contributed by atoms with Gasteiger partial charge in [0.2, 0.25) is 5.75 Å². The second-order valence-corrected chi connectivity index (χ2v) is 6.17. The van der Waals surface area contributed by atoms with Crippen LogP contribution < -0.4 is 14.8 Å². The molecule has 27 heavy (non-hydrogen) atoms. The number of H-pyrrole nitrogens is 1. The minimum absolute atomic E-state index is 0.235. The van der Waals surface area contributed by atoms with Gasteiger partial charge >= 0.3 is 0 Å². The average Bonchev–Trinajstić information content (AvgIpc) is 3.21. The number of nitrogens with one attached hydrogen (secondary N) is 2. The van der Waals surface area contributed by atoms with E-state index in [0.29, 0.717) is 41.9 Å². The van der Waals surface area contributed by atoms with E-state index in [1.807, 2.05) is 39.8 Å². The summed E-state index contributed by atoms with van der Waals surface area (Å²) >= 11 is 0. The molecular weight excluding hydrogens is 348 g/mol. The van der Waals surface area contributed by atoms with Crippen LogP contribution in [0.3, 0.4) is 0 Å². The van der Waals surface area contributed by atoms with E-state index >= 15 is 0 Å². The summed E-state index contributed by atoms with van der Waals surface area (Å²) < 4.78 is 17.3. The van der Waals surface area contributed by atoms with Crippen molar-refractivity contribution < 1.29 is 18.7 Å². The number of hydrogen-bond acceptors (Lipinski definition) is 6. The van der Waals surface area contributed by atoms with Crippen LogP contribution in [0.5, 0.6) is 11.5 Å². The fraction of sp³-hybridized carbons (Fsp3) is 0.421. The van der Waals surface area contributed by atoms with Crippen LogP contribution in [0.4, 0.5) is 0 Å². The third-order valence-electron chi connectivity index (χ3n) is 4.17. The molecule has 2 heterocycles. The van der Waals surface area contributed by atoms with Crippen molar-refractivity contribution in [3.8, 4) is 11.5 Å². The topological polar surface area (TPSA) is 102 Å². The van der Waals surface area contributed by atoms with Crippen molar-refractivity contribution in [1.82, 2.24) is 20.5 Å². The maximum atomic E-state index is 12.8. The average molecular weight is 372 g/mol. The molecule has 0 saturated heterocycles.